The van der Waals surface area contributed by atoms with Crippen LogP contribution in [0.25, 0.3) is 22.4 Å². The van der Waals surface area contributed by atoms with Crippen LogP contribution in [0.5, 0.6) is 0 Å². The van der Waals surface area contributed by atoms with Crippen molar-refractivity contribution in [2.75, 3.05) is 28.2 Å². The summed E-state index contributed by atoms with van der Waals surface area (Å²) in [5.41, 5.74) is 7.17. The minimum Gasteiger partial charge on any atom is -0.352 e. The van der Waals surface area contributed by atoms with Crippen molar-refractivity contribution < 1.29 is 4.79 Å². The molecule has 0 saturated heterocycles. The second-order valence-electron chi connectivity index (χ2n) is 8.67. The highest BCUT2D eigenvalue weighted by Gasteiger charge is 2.30. The molecule has 4 aromatic rings. The van der Waals surface area contributed by atoms with Crippen molar-refractivity contribution in [3.05, 3.63) is 41.9 Å². The van der Waals surface area contributed by atoms with Crippen molar-refractivity contribution in [2.24, 2.45) is 13.0 Å². The van der Waals surface area contributed by atoms with Gasteiger partial charge in [-0.15, -0.1) is 0 Å². The SMILES string of the molecule is CSN(C)c1cc(-c2cc(C)n(C)n2)ccc1Nc1cc(NC(=O)C2CC2)nc2nc(C)[nH]c12. The van der Waals surface area contributed by atoms with E-state index in [0.29, 0.717) is 11.5 Å². The highest BCUT2D eigenvalue weighted by molar-refractivity contribution is 7.99. The molecule has 176 valence electrons. The minimum absolute atomic E-state index is 0.0165. The summed E-state index contributed by atoms with van der Waals surface area (Å²) in [5.74, 6) is 1.37. The number of amides is 1. The number of fused-ring (bicyclic) bond motifs is 1. The predicted octanol–water partition coefficient (Wildman–Crippen LogP) is 4.78. The number of aromatic amines is 1. The molecule has 0 atom stereocenters. The second kappa shape index (κ2) is 8.68. The summed E-state index contributed by atoms with van der Waals surface area (Å²) < 4.78 is 3.99. The number of anilines is 4. The van der Waals surface area contributed by atoms with Gasteiger partial charge in [-0.25, -0.2) is 9.97 Å². The molecular formula is C24H28N8OS. The second-order valence-corrected chi connectivity index (χ2v) is 9.58. The zero-order valence-corrected chi connectivity index (χ0v) is 20.7. The van der Waals surface area contributed by atoms with Gasteiger partial charge in [0.05, 0.1) is 22.8 Å². The summed E-state index contributed by atoms with van der Waals surface area (Å²) >= 11 is 1.62. The average molecular weight is 477 g/mol. The van der Waals surface area contributed by atoms with E-state index in [-0.39, 0.29) is 11.8 Å². The van der Waals surface area contributed by atoms with Gasteiger partial charge in [-0.1, -0.05) is 18.0 Å². The quantitative estimate of drug-likeness (QED) is 0.330. The van der Waals surface area contributed by atoms with Crippen LogP contribution < -0.4 is 14.9 Å². The van der Waals surface area contributed by atoms with E-state index in [9.17, 15) is 4.79 Å². The van der Waals surface area contributed by atoms with Crippen LogP contribution in [0.4, 0.5) is 22.9 Å². The number of nitrogens with zero attached hydrogens (tertiary/aromatic N) is 5. The van der Waals surface area contributed by atoms with Crippen LogP contribution in [0.1, 0.15) is 24.4 Å². The Kier molecular flexibility index (Phi) is 5.68. The molecule has 9 nitrogen and oxygen atoms in total. The number of carbonyl (C=O) groups is 1. The first-order chi connectivity index (χ1) is 16.3. The number of aryl methyl sites for hydroxylation is 3. The molecule has 3 aromatic heterocycles. The van der Waals surface area contributed by atoms with Gasteiger partial charge in [0.25, 0.3) is 0 Å². The molecule has 3 heterocycles. The van der Waals surface area contributed by atoms with Gasteiger partial charge >= 0.3 is 0 Å². The summed E-state index contributed by atoms with van der Waals surface area (Å²) in [6.45, 7) is 3.94. The Hall–Kier alpha value is -3.53. The fourth-order valence-corrected chi connectivity index (χ4v) is 4.19. The molecule has 0 spiro atoms. The van der Waals surface area contributed by atoms with Crippen molar-refractivity contribution >= 4 is 51.9 Å². The smallest absolute Gasteiger partial charge is 0.228 e. The first-order valence-electron chi connectivity index (χ1n) is 11.2. The number of imidazole rings is 1. The number of aromatic nitrogens is 5. The molecule has 34 heavy (non-hydrogen) atoms. The van der Waals surface area contributed by atoms with Gasteiger partial charge in [-0.05, 0) is 44.9 Å². The summed E-state index contributed by atoms with van der Waals surface area (Å²) in [6.07, 6.45) is 3.91. The Bertz CT molecular complexity index is 1370. The van der Waals surface area contributed by atoms with Crippen LogP contribution >= 0.6 is 11.9 Å². The first-order valence-corrected chi connectivity index (χ1v) is 12.4. The summed E-state index contributed by atoms with van der Waals surface area (Å²) in [6, 6.07) is 10.2. The fraction of sp³-hybridized carbons (Fsp3) is 0.333. The lowest BCUT2D eigenvalue weighted by atomic mass is 10.1. The third-order valence-corrected chi connectivity index (χ3v) is 6.81. The Morgan fingerprint density at radius 2 is 1.97 bits per heavy atom. The largest absolute Gasteiger partial charge is 0.352 e. The van der Waals surface area contributed by atoms with Gasteiger partial charge in [0.15, 0.2) is 5.65 Å². The first kappa shape index (κ1) is 22.3. The maximum Gasteiger partial charge on any atom is 0.228 e. The van der Waals surface area contributed by atoms with Crippen molar-refractivity contribution in [2.45, 2.75) is 26.7 Å². The monoisotopic (exact) mass is 476 g/mol. The molecule has 0 bridgehead atoms. The maximum absolute atomic E-state index is 12.3. The van der Waals surface area contributed by atoms with Crippen LogP contribution in [0.15, 0.2) is 30.3 Å². The number of H-pyrrole nitrogens is 1. The van der Waals surface area contributed by atoms with Crippen LogP contribution in [0, 0.1) is 19.8 Å². The third-order valence-electron chi connectivity index (χ3n) is 6.07. The number of hydrogen-bond acceptors (Lipinski definition) is 7. The minimum atomic E-state index is 0.0165. The zero-order chi connectivity index (χ0) is 24.0. The number of nitrogens with one attached hydrogen (secondary N) is 3. The highest BCUT2D eigenvalue weighted by Crippen LogP contribution is 2.37. The standard InChI is InChI=1S/C24H28N8OS/c1-13-10-18(30-31(13)3)16-8-9-17(20(11-16)32(4)34-5)27-19-12-21(29-24(33)15-6-7-15)28-23-22(19)25-14(2)26-23/h8-12,15H,6-7H2,1-5H3,(H3,25,26,27,28,29,33). The number of hydrogen-bond donors (Lipinski definition) is 3. The van der Waals surface area contributed by atoms with Crippen LogP contribution in [-0.2, 0) is 11.8 Å². The van der Waals surface area contributed by atoms with E-state index in [1.807, 2.05) is 44.9 Å². The van der Waals surface area contributed by atoms with E-state index in [1.165, 1.54) is 0 Å². The molecule has 0 radical (unpaired) electrons. The van der Waals surface area contributed by atoms with Crippen LogP contribution in [-0.4, -0.2) is 43.9 Å². The molecule has 1 aliphatic rings. The lowest BCUT2D eigenvalue weighted by Crippen LogP contribution is -2.14. The summed E-state index contributed by atoms with van der Waals surface area (Å²) in [7, 11) is 3.98. The van der Waals surface area contributed by atoms with Gasteiger partial charge < -0.3 is 19.9 Å². The molecule has 1 aliphatic carbocycles. The molecule has 0 aliphatic heterocycles. The fourth-order valence-electron chi connectivity index (χ4n) is 3.84. The normalized spacial score (nSPS) is 13.3. The number of carbonyl (C=O) groups excluding carboxylic acids is 1. The Morgan fingerprint density at radius 1 is 1.18 bits per heavy atom. The average Bonchev–Trinajstić information content (AvgIpc) is 3.52. The van der Waals surface area contributed by atoms with Crippen molar-refractivity contribution in [1.82, 2.24) is 24.7 Å². The summed E-state index contributed by atoms with van der Waals surface area (Å²) in [4.78, 5) is 24.7. The van der Waals surface area contributed by atoms with E-state index >= 15 is 0 Å². The van der Waals surface area contributed by atoms with Crippen molar-refractivity contribution in [3.63, 3.8) is 0 Å². The van der Waals surface area contributed by atoms with Gasteiger partial charge in [-0.2, -0.15) is 5.10 Å². The topological polar surface area (TPSA) is 104 Å². The number of benzene rings is 1. The van der Waals surface area contributed by atoms with Crippen LogP contribution in [0.3, 0.4) is 0 Å². The molecular weight excluding hydrogens is 448 g/mol. The Morgan fingerprint density at radius 3 is 2.65 bits per heavy atom. The molecule has 3 N–H and O–H groups in total. The van der Waals surface area contributed by atoms with E-state index < -0.39 is 0 Å². The molecule has 1 aromatic carbocycles. The lowest BCUT2D eigenvalue weighted by molar-refractivity contribution is -0.117. The highest BCUT2D eigenvalue weighted by atomic mass is 32.2. The van der Waals surface area contributed by atoms with Gasteiger partial charge in [0.1, 0.15) is 17.2 Å². The third kappa shape index (κ3) is 4.33. The zero-order valence-electron chi connectivity index (χ0n) is 19.9. The molecule has 1 amide bonds. The molecule has 10 heteroatoms. The van der Waals surface area contributed by atoms with Crippen molar-refractivity contribution in [3.8, 4) is 11.3 Å². The molecule has 1 saturated carbocycles. The van der Waals surface area contributed by atoms with E-state index in [1.54, 1.807) is 11.9 Å². The summed E-state index contributed by atoms with van der Waals surface area (Å²) in [5, 5.41) is 11.1. The van der Waals surface area contributed by atoms with E-state index in [2.05, 4.69) is 59.3 Å². The molecule has 1 fully saturated rings. The number of rotatable bonds is 7. The molecule has 5 rings (SSSR count). The predicted molar refractivity (Wildman–Crippen MR) is 139 cm³/mol. The number of pyridine rings is 1. The lowest BCUT2D eigenvalue weighted by Gasteiger charge is -2.21. The van der Waals surface area contributed by atoms with E-state index in [0.717, 1.165) is 58.2 Å². The van der Waals surface area contributed by atoms with Gasteiger partial charge in [0.2, 0.25) is 5.91 Å². The van der Waals surface area contributed by atoms with Crippen molar-refractivity contribution in [1.29, 1.82) is 0 Å². The van der Waals surface area contributed by atoms with Crippen LogP contribution in [0.2, 0.25) is 0 Å². The molecule has 0 unspecified atom stereocenters. The van der Waals surface area contributed by atoms with E-state index in [4.69, 9.17) is 0 Å². The Labute approximate surface area is 202 Å². The Balaban J connectivity index is 1.54. The van der Waals surface area contributed by atoms with Gasteiger partial charge in [-0.3, -0.25) is 9.48 Å². The van der Waals surface area contributed by atoms with Gasteiger partial charge in [0, 0.05) is 43.6 Å². The maximum atomic E-state index is 12.3.